The van der Waals surface area contributed by atoms with Crippen molar-refractivity contribution in [3.8, 4) is 0 Å². The van der Waals surface area contributed by atoms with Crippen molar-refractivity contribution in [1.82, 2.24) is 10.0 Å². The Morgan fingerprint density at radius 1 is 1.35 bits per heavy atom. The van der Waals surface area contributed by atoms with Crippen LogP contribution in [-0.2, 0) is 11.9 Å². The third-order valence-corrected chi connectivity index (χ3v) is 4.77. The van der Waals surface area contributed by atoms with Crippen molar-refractivity contribution in [2.24, 2.45) is 13.0 Å². The number of carbonyl (C=O) groups excluding carboxylic acids is 1. The van der Waals surface area contributed by atoms with Crippen LogP contribution in [0.25, 0.3) is 0 Å². The fraction of sp³-hybridized carbons (Fsp3) is 0.333. The van der Waals surface area contributed by atoms with Gasteiger partial charge in [0.1, 0.15) is 0 Å². The summed E-state index contributed by atoms with van der Waals surface area (Å²) in [6.07, 6.45) is 3.71. The number of nitrogens with zero attached hydrogens (tertiary/aromatic N) is 1. The lowest BCUT2D eigenvalue weighted by Crippen LogP contribution is -2.29. The van der Waals surface area contributed by atoms with Gasteiger partial charge in [-0.05, 0) is 43.9 Å². The van der Waals surface area contributed by atoms with E-state index in [-0.39, 0.29) is 11.1 Å². The molecule has 8 heteroatoms. The third-order valence-electron chi connectivity index (χ3n) is 4.22. The Bertz CT molecular complexity index is 907. The molecule has 138 valence electrons. The van der Waals surface area contributed by atoms with Crippen LogP contribution in [0.5, 0.6) is 0 Å². The van der Waals surface area contributed by atoms with Gasteiger partial charge in [0.2, 0.25) is 0 Å². The van der Waals surface area contributed by atoms with Gasteiger partial charge >= 0.3 is 0 Å². The lowest BCUT2D eigenvalue weighted by molar-refractivity contribution is 0.0270. The van der Waals surface area contributed by atoms with Gasteiger partial charge in [-0.2, -0.15) is 0 Å². The normalized spacial score (nSPS) is 13.5. The maximum atomic E-state index is 12.6. The van der Waals surface area contributed by atoms with E-state index in [1.165, 1.54) is 10.8 Å². The van der Waals surface area contributed by atoms with Crippen molar-refractivity contribution in [3.63, 3.8) is 0 Å². The minimum absolute atomic E-state index is 0.215. The zero-order valence-corrected chi connectivity index (χ0v) is 15.9. The molecular weight excluding hydrogens is 377 g/mol. The minimum Gasteiger partial charge on any atom is -0.353 e. The molecule has 3 rings (SSSR count). The summed E-state index contributed by atoms with van der Waals surface area (Å²) < 4.78 is 1.36. The van der Waals surface area contributed by atoms with Gasteiger partial charge in [0.15, 0.2) is 0 Å². The zero-order chi connectivity index (χ0) is 18.8. The van der Waals surface area contributed by atoms with Gasteiger partial charge in [0.25, 0.3) is 11.5 Å². The number of anilines is 2. The molecule has 0 radical (unpaired) electrons. The van der Waals surface area contributed by atoms with Gasteiger partial charge in [-0.15, -0.1) is 0 Å². The minimum atomic E-state index is -0.433. The van der Waals surface area contributed by atoms with Gasteiger partial charge in [0.05, 0.1) is 28.6 Å². The molecule has 1 saturated carbocycles. The molecule has 2 N–H and O–H groups in total. The van der Waals surface area contributed by atoms with Crippen LogP contribution in [-0.4, -0.2) is 17.1 Å². The smallest absolute Gasteiger partial charge is 0.278 e. The number of aryl methyl sites for hydroxylation is 1. The summed E-state index contributed by atoms with van der Waals surface area (Å²) in [7, 11) is 1.59. The SMILES string of the molecule is Cc1c(Nc2ccc(Cl)cc2Cl)c(C(=O)NOCC2CC2)cn(C)c1=O. The van der Waals surface area contributed by atoms with Crippen LogP contribution in [0, 0.1) is 12.8 Å². The Balaban J connectivity index is 1.92. The van der Waals surface area contributed by atoms with Crippen LogP contribution in [0.15, 0.2) is 29.2 Å². The van der Waals surface area contributed by atoms with Crippen LogP contribution < -0.4 is 16.4 Å². The number of aromatic nitrogens is 1. The van der Waals surface area contributed by atoms with E-state index < -0.39 is 5.91 Å². The summed E-state index contributed by atoms with van der Waals surface area (Å²) in [5, 5.41) is 3.95. The molecule has 2 aromatic rings. The molecule has 0 bridgehead atoms. The number of carbonyl (C=O) groups is 1. The summed E-state index contributed by atoms with van der Waals surface area (Å²) in [6, 6.07) is 4.94. The third kappa shape index (κ3) is 4.20. The number of hydroxylamine groups is 1. The van der Waals surface area contributed by atoms with Crippen LogP contribution in [0.2, 0.25) is 10.0 Å². The molecular formula is C18H19Cl2N3O3. The van der Waals surface area contributed by atoms with E-state index >= 15 is 0 Å². The molecule has 1 aromatic carbocycles. The number of hydrogen-bond donors (Lipinski definition) is 2. The molecule has 1 fully saturated rings. The van der Waals surface area contributed by atoms with E-state index in [4.69, 9.17) is 28.0 Å². The second-order valence-electron chi connectivity index (χ2n) is 6.39. The second-order valence-corrected chi connectivity index (χ2v) is 7.24. The van der Waals surface area contributed by atoms with E-state index in [9.17, 15) is 9.59 Å². The highest BCUT2D eigenvalue weighted by Crippen LogP contribution is 2.31. The molecule has 0 aliphatic heterocycles. The van der Waals surface area contributed by atoms with Gasteiger partial charge in [0, 0.05) is 23.8 Å². The first-order valence-electron chi connectivity index (χ1n) is 8.21. The number of halogens is 2. The number of benzene rings is 1. The maximum absolute atomic E-state index is 12.6. The van der Waals surface area contributed by atoms with Crippen molar-refractivity contribution < 1.29 is 9.63 Å². The maximum Gasteiger partial charge on any atom is 0.278 e. The highest BCUT2D eigenvalue weighted by molar-refractivity contribution is 6.36. The first-order chi connectivity index (χ1) is 12.4. The lowest BCUT2D eigenvalue weighted by Gasteiger charge is -2.17. The van der Waals surface area contributed by atoms with Gasteiger partial charge in [-0.3, -0.25) is 14.4 Å². The topological polar surface area (TPSA) is 72.4 Å². The van der Waals surface area contributed by atoms with Gasteiger partial charge in [-0.1, -0.05) is 23.2 Å². The summed E-state index contributed by atoms with van der Waals surface area (Å²) in [5.74, 6) is 0.0829. The average Bonchev–Trinajstić information content (AvgIpc) is 3.41. The molecule has 0 saturated heterocycles. The summed E-state index contributed by atoms with van der Waals surface area (Å²) in [4.78, 5) is 30.1. The number of hydrogen-bond acceptors (Lipinski definition) is 4. The Hall–Kier alpha value is -2.02. The summed E-state index contributed by atoms with van der Waals surface area (Å²) in [6.45, 7) is 2.14. The predicted molar refractivity (Wildman–Crippen MR) is 102 cm³/mol. The predicted octanol–water partition coefficient (Wildman–Crippen LogP) is 3.82. The Labute approximate surface area is 161 Å². The standard InChI is InChI=1S/C18H19Cl2N3O3/c1-10-16(21-15-6-5-12(19)7-14(15)20)13(8-23(2)18(10)25)17(24)22-26-9-11-3-4-11/h5-8,11,21H,3-4,9H2,1-2H3,(H,22,24). The molecule has 1 aromatic heterocycles. The van der Waals surface area contributed by atoms with E-state index in [2.05, 4.69) is 10.8 Å². The molecule has 1 heterocycles. The molecule has 0 atom stereocenters. The zero-order valence-electron chi connectivity index (χ0n) is 14.4. The first kappa shape index (κ1) is 18.8. The molecule has 1 aliphatic carbocycles. The van der Waals surface area contributed by atoms with Crippen molar-refractivity contribution >= 4 is 40.5 Å². The van der Waals surface area contributed by atoms with E-state index in [0.717, 1.165) is 12.8 Å². The van der Waals surface area contributed by atoms with Crippen LogP contribution in [0.1, 0.15) is 28.8 Å². The highest BCUT2D eigenvalue weighted by Gasteiger charge is 2.23. The number of amides is 1. The Kier molecular flexibility index (Phi) is 5.55. The fourth-order valence-corrected chi connectivity index (χ4v) is 2.97. The lowest BCUT2D eigenvalue weighted by atomic mass is 10.1. The quantitative estimate of drug-likeness (QED) is 0.729. The molecule has 0 spiro atoms. The van der Waals surface area contributed by atoms with Crippen molar-refractivity contribution in [1.29, 1.82) is 0 Å². The molecule has 0 unspecified atom stereocenters. The van der Waals surface area contributed by atoms with E-state index in [1.807, 2.05) is 0 Å². The number of pyridine rings is 1. The van der Waals surface area contributed by atoms with Crippen LogP contribution >= 0.6 is 23.2 Å². The largest absolute Gasteiger partial charge is 0.353 e. The van der Waals surface area contributed by atoms with Gasteiger partial charge in [-0.25, -0.2) is 5.48 Å². The van der Waals surface area contributed by atoms with Crippen molar-refractivity contribution in [2.45, 2.75) is 19.8 Å². The molecule has 26 heavy (non-hydrogen) atoms. The van der Waals surface area contributed by atoms with E-state index in [0.29, 0.717) is 39.5 Å². The van der Waals surface area contributed by atoms with Crippen molar-refractivity contribution in [3.05, 3.63) is 55.9 Å². The van der Waals surface area contributed by atoms with E-state index in [1.54, 1.807) is 32.2 Å². The monoisotopic (exact) mass is 395 g/mol. The van der Waals surface area contributed by atoms with Crippen LogP contribution in [0.3, 0.4) is 0 Å². The second kappa shape index (κ2) is 7.70. The average molecular weight is 396 g/mol. The summed E-state index contributed by atoms with van der Waals surface area (Å²) >= 11 is 12.1. The Morgan fingerprint density at radius 3 is 2.73 bits per heavy atom. The van der Waals surface area contributed by atoms with Crippen molar-refractivity contribution in [2.75, 3.05) is 11.9 Å². The molecule has 6 nitrogen and oxygen atoms in total. The fourth-order valence-electron chi connectivity index (χ4n) is 2.51. The highest BCUT2D eigenvalue weighted by atomic mass is 35.5. The van der Waals surface area contributed by atoms with Crippen LogP contribution in [0.4, 0.5) is 11.4 Å². The van der Waals surface area contributed by atoms with Gasteiger partial charge < -0.3 is 9.88 Å². The number of nitrogens with one attached hydrogen (secondary N) is 2. The first-order valence-corrected chi connectivity index (χ1v) is 8.97. The molecule has 1 amide bonds. The number of rotatable bonds is 6. The Morgan fingerprint density at radius 2 is 2.08 bits per heavy atom. The molecule has 1 aliphatic rings. The summed E-state index contributed by atoms with van der Waals surface area (Å²) in [5.41, 5.74) is 3.83.